The predicted octanol–water partition coefficient (Wildman–Crippen LogP) is 2.48. The first-order valence-electron chi connectivity index (χ1n) is 6.74. The molecule has 1 aliphatic heterocycles. The van der Waals surface area contributed by atoms with Gasteiger partial charge in [0.15, 0.2) is 0 Å². The molecule has 1 spiro atoms. The monoisotopic (exact) mass is 209 g/mol. The van der Waals surface area contributed by atoms with Crippen molar-refractivity contribution in [3.8, 4) is 0 Å². The van der Waals surface area contributed by atoms with Gasteiger partial charge in [0, 0.05) is 12.6 Å². The highest BCUT2D eigenvalue weighted by Gasteiger charge is 2.42. The summed E-state index contributed by atoms with van der Waals surface area (Å²) in [5, 5.41) is 3.77. The Morgan fingerprint density at radius 3 is 2.60 bits per heavy atom. The minimum Gasteiger partial charge on any atom is -0.375 e. The topological polar surface area (TPSA) is 21.3 Å². The van der Waals surface area contributed by atoms with E-state index in [-0.39, 0.29) is 0 Å². The zero-order valence-corrected chi connectivity index (χ0v) is 9.63. The molecule has 0 bridgehead atoms. The van der Waals surface area contributed by atoms with Gasteiger partial charge in [0.1, 0.15) is 0 Å². The Balaban J connectivity index is 1.44. The fraction of sp³-hybridized carbons (Fsp3) is 1.00. The molecule has 1 atom stereocenters. The van der Waals surface area contributed by atoms with Gasteiger partial charge in [0.25, 0.3) is 0 Å². The summed E-state index contributed by atoms with van der Waals surface area (Å²) in [4.78, 5) is 0. The fourth-order valence-corrected chi connectivity index (χ4v) is 3.15. The van der Waals surface area contributed by atoms with E-state index in [0.29, 0.717) is 5.60 Å². The second-order valence-corrected chi connectivity index (χ2v) is 5.78. The van der Waals surface area contributed by atoms with E-state index in [0.717, 1.165) is 18.6 Å². The van der Waals surface area contributed by atoms with E-state index in [9.17, 15) is 0 Å². The molecule has 2 heteroatoms. The molecule has 2 nitrogen and oxygen atoms in total. The highest BCUT2D eigenvalue weighted by atomic mass is 16.5. The third kappa shape index (κ3) is 2.07. The second kappa shape index (κ2) is 4.06. The summed E-state index contributed by atoms with van der Waals surface area (Å²) in [7, 11) is 0. The minimum absolute atomic E-state index is 0.315. The summed E-state index contributed by atoms with van der Waals surface area (Å²) in [5.41, 5.74) is 0.315. The molecular weight excluding hydrogens is 186 g/mol. The van der Waals surface area contributed by atoms with Crippen molar-refractivity contribution in [3.05, 3.63) is 0 Å². The van der Waals surface area contributed by atoms with Gasteiger partial charge >= 0.3 is 0 Å². The molecule has 0 aromatic carbocycles. The van der Waals surface area contributed by atoms with Crippen LogP contribution in [-0.2, 0) is 4.74 Å². The summed E-state index contributed by atoms with van der Waals surface area (Å²) in [6.45, 7) is 2.25. The van der Waals surface area contributed by atoms with Crippen molar-refractivity contribution >= 4 is 0 Å². The third-order valence-corrected chi connectivity index (χ3v) is 4.68. The van der Waals surface area contributed by atoms with Crippen LogP contribution in [0.1, 0.15) is 51.4 Å². The molecule has 1 saturated heterocycles. The lowest BCUT2D eigenvalue weighted by Crippen LogP contribution is -2.51. The van der Waals surface area contributed by atoms with Crippen LogP contribution in [0.3, 0.4) is 0 Å². The Kier molecular flexibility index (Phi) is 2.73. The lowest BCUT2D eigenvalue weighted by Gasteiger charge is -2.47. The molecule has 1 heterocycles. The Morgan fingerprint density at radius 1 is 1.13 bits per heavy atom. The highest BCUT2D eigenvalue weighted by Crippen LogP contribution is 2.42. The van der Waals surface area contributed by atoms with Crippen LogP contribution in [0.2, 0.25) is 0 Å². The number of hydrogen-bond donors (Lipinski definition) is 1. The van der Waals surface area contributed by atoms with E-state index in [1.54, 1.807) is 0 Å². The summed E-state index contributed by atoms with van der Waals surface area (Å²) in [6, 6.07) is 0.750. The SMILES string of the molecule is C1CC(CNC2CCOC3(CCC3)C2)C1. The molecule has 0 aromatic rings. The standard InChI is InChI=1S/C13H23NO/c1-3-11(4-1)10-14-12-5-8-15-13(9-12)6-2-7-13/h11-12,14H,1-10H2. The molecule has 1 unspecified atom stereocenters. The maximum absolute atomic E-state index is 5.94. The summed E-state index contributed by atoms with van der Waals surface area (Å²) in [6.07, 6.45) is 10.9. The molecule has 3 rings (SSSR count). The Labute approximate surface area is 92.8 Å². The normalized spacial score (nSPS) is 34.8. The summed E-state index contributed by atoms with van der Waals surface area (Å²) < 4.78 is 5.94. The van der Waals surface area contributed by atoms with Gasteiger partial charge in [-0.2, -0.15) is 0 Å². The highest BCUT2D eigenvalue weighted by molar-refractivity contribution is 4.96. The van der Waals surface area contributed by atoms with Gasteiger partial charge < -0.3 is 10.1 Å². The van der Waals surface area contributed by atoms with Gasteiger partial charge in [0.2, 0.25) is 0 Å². The fourth-order valence-electron chi connectivity index (χ4n) is 3.15. The molecular formula is C13H23NO. The molecule has 2 saturated carbocycles. The van der Waals surface area contributed by atoms with Gasteiger partial charge in [0.05, 0.1) is 5.60 Å². The maximum Gasteiger partial charge on any atom is 0.0697 e. The van der Waals surface area contributed by atoms with Gasteiger partial charge in [-0.3, -0.25) is 0 Å². The zero-order valence-electron chi connectivity index (χ0n) is 9.63. The van der Waals surface area contributed by atoms with E-state index in [2.05, 4.69) is 5.32 Å². The van der Waals surface area contributed by atoms with Gasteiger partial charge in [-0.1, -0.05) is 6.42 Å². The van der Waals surface area contributed by atoms with Crippen molar-refractivity contribution in [2.24, 2.45) is 5.92 Å². The number of rotatable bonds is 3. The van der Waals surface area contributed by atoms with E-state index in [1.165, 1.54) is 57.9 Å². The first kappa shape index (κ1) is 10.1. The second-order valence-electron chi connectivity index (χ2n) is 5.78. The van der Waals surface area contributed by atoms with Crippen LogP contribution in [0.25, 0.3) is 0 Å². The first-order valence-corrected chi connectivity index (χ1v) is 6.74. The Bertz CT molecular complexity index is 221. The van der Waals surface area contributed by atoms with Crippen LogP contribution in [0.4, 0.5) is 0 Å². The molecule has 86 valence electrons. The first-order chi connectivity index (χ1) is 7.36. The smallest absolute Gasteiger partial charge is 0.0697 e. The Hall–Kier alpha value is -0.0800. The molecule has 0 amide bonds. The van der Waals surface area contributed by atoms with Gasteiger partial charge in [-0.25, -0.2) is 0 Å². The molecule has 0 aromatic heterocycles. The van der Waals surface area contributed by atoms with Crippen LogP contribution in [0.5, 0.6) is 0 Å². The maximum atomic E-state index is 5.94. The van der Waals surface area contributed by atoms with Crippen molar-refractivity contribution in [2.45, 2.75) is 63.0 Å². The largest absolute Gasteiger partial charge is 0.375 e. The number of hydrogen-bond acceptors (Lipinski definition) is 2. The minimum atomic E-state index is 0.315. The van der Waals surface area contributed by atoms with E-state index >= 15 is 0 Å². The lowest BCUT2D eigenvalue weighted by atomic mass is 9.73. The molecule has 15 heavy (non-hydrogen) atoms. The average Bonchev–Trinajstić information content (AvgIpc) is 2.13. The molecule has 3 fully saturated rings. The average molecular weight is 209 g/mol. The molecule has 3 aliphatic rings. The molecule has 2 aliphatic carbocycles. The molecule has 1 N–H and O–H groups in total. The predicted molar refractivity (Wildman–Crippen MR) is 60.9 cm³/mol. The Morgan fingerprint density at radius 2 is 2.00 bits per heavy atom. The van der Waals surface area contributed by atoms with Crippen LogP contribution in [-0.4, -0.2) is 24.8 Å². The zero-order chi connectivity index (χ0) is 10.1. The van der Waals surface area contributed by atoms with Crippen LogP contribution >= 0.6 is 0 Å². The van der Waals surface area contributed by atoms with Gasteiger partial charge in [-0.05, 0) is 57.4 Å². The van der Waals surface area contributed by atoms with Crippen molar-refractivity contribution in [2.75, 3.05) is 13.2 Å². The third-order valence-electron chi connectivity index (χ3n) is 4.68. The van der Waals surface area contributed by atoms with Crippen LogP contribution < -0.4 is 5.32 Å². The van der Waals surface area contributed by atoms with Crippen molar-refractivity contribution in [1.82, 2.24) is 5.32 Å². The van der Waals surface area contributed by atoms with Crippen LogP contribution in [0.15, 0.2) is 0 Å². The van der Waals surface area contributed by atoms with E-state index < -0.39 is 0 Å². The quantitative estimate of drug-likeness (QED) is 0.771. The van der Waals surface area contributed by atoms with Gasteiger partial charge in [-0.15, -0.1) is 0 Å². The van der Waals surface area contributed by atoms with E-state index in [1.807, 2.05) is 0 Å². The van der Waals surface area contributed by atoms with Crippen LogP contribution in [0, 0.1) is 5.92 Å². The summed E-state index contributed by atoms with van der Waals surface area (Å²) >= 11 is 0. The lowest BCUT2D eigenvalue weighted by molar-refractivity contribution is -0.135. The van der Waals surface area contributed by atoms with E-state index in [4.69, 9.17) is 4.74 Å². The number of nitrogens with one attached hydrogen (secondary N) is 1. The molecule has 0 radical (unpaired) electrons. The summed E-state index contributed by atoms with van der Waals surface area (Å²) in [5.74, 6) is 0.991. The van der Waals surface area contributed by atoms with Crippen molar-refractivity contribution in [3.63, 3.8) is 0 Å². The van der Waals surface area contributed by atoms with Crippen molar-refractivity contribution < 1.29 is 4.74 Å². The van der Waals surface area contributed by atoms with Crippen molar-refractivity contribution in [1.29, 1.82) is 0 Å². The number of ether oxygens (including phenoxy) is 1.